The number of nitrogens with two attached hydrogens (primary N) is 1. The Labute approximate surface area is 117 Å². The molecule has 3 N–H and O–H groups in total. The van der Waals surface area contributed by atoms with Crippen molar-refractivity contribution in [2.45, 2.75) is 37.8 Å². The number of anilines is 1. The fourth-order valence-electron chi connectivity index (χ4n) is 2.50. The Hall–Kier alpha value is -0.580. The zero-order valence-corrected chi connectivity index (χ0v) is 12.4. The third kappa shape index (κ3) is 3.25. The minimum absolute atomic E-state index is 0.0281. The van der Waals surface area contributed by atoms with Crippen LogP contribution in [0.25, 0.3) is 0 Å². The molecule has 0 radical (unpaired) electrons. The van der Waals surface area contributed by atoms with Gasteiger partial charge in [0.15, 0.2) is 0 Å². The largest absolute Gasteiger partial charge is 0.378 e. The number of benzene rings is 1. The summed E-state index contributed by atoms with van der Waals surface area (Å²) in [6, 6.07) is 8.23. The molecule has 1 aromatic carbocycles. The highest BCUT2D eigenvalue weighted by Gasteiger charge is 2.35. The molecule has 100 valence electrons. The van der Waals surface area contributed by atoms with E-state index in [1.54, 1.807) is 0 Å². The first kappa shape index (κ1) is 13.8. The highest BCUT2D eigenvalue weighted by Crippen LogP contribution is 2.30. The van der Waals surface area contributed by atoms with Crippen molar-refractivity contribution in [2.75, 3.05) is 18.5 Å². The first-order valence-corrected chi connectivity index (χ1v) is 7.32. The van der Waals surface area contributed by atoms with Gasteiger partial charge in [-0.1, -0.05) is 28.9 Å². The SMILES string of the molecule is CCC1CC(CN)(Nc2cccc(Br)c2)CCO1. The summed E-state index contributed by atoms with van der Waals surface area (Å²) in [5.74, 6) is 0. The summed E-state index contributed by atoms with van der Waals surface area (Å²) in [5, 5.41) is 3.61. The van der Waals surface area contributed by atoms with E-state index >= 15 is 0 Å². The number of hydrogen-bond acceptors (Lipinski definition) is 3. The van der Waals surface area contributed by atoms with E-state index in [1.165, 1.54) is 0 Å². The molecule has 2 unspecified atom stereocenters. The third-order valence-corrected chi connectivity index (χ3v) is 4.13. The van der Waals surface area contributed by atoms with Crippen LogP contribution in [0.3, 0.4) is 0 Å². The summed E-state index contributed by atoms with van der Waals surface area (Å²) in [5.41, 5.74) is 7.10. The van der Waals surface area contributed by atoms with Crippen molar-refractivity contribution in [1.82, 2.24) is 0 Å². The van der Waals surface area contributed by atoms with Crippen molar-refractivity contribution in [3.63, 3.8) is 0 Å². The van der Waals surface area contributed by atoms with Gasteiger partial charge in [0.1, 0.15) is 0 Å². The molecule has 0 saturated carbocycles. The molecule has 2 atom stereocenters. The highest BCUT2D eigenvalue weighted by molar-refractivity contribution is 9.10. The summed E-state index contributed by atoms with van der Waals surface area (Å²) < 4.78 is 6.82. The van der Waals surface area contributed by atoms with E-state index in [-0.39, 0.29) is 5.54 Å². The van der Waals surface area contributed by atoms with Crippen LogP contribution < -0.4 is 11.1 Å². The van der Waals surface area contributed by atoms with Gasteiger partial charge in [0.25, 0.3) is 0 Å². The predicted octanol–water partition coefficient (Wildman–Crippen LogP) is 3.15. The van der Waals surface area contributed by atoms with E-state index in [2.05, 4.69) is 40.3 Å². The van der Waals surface area contributed by atoms with Gasteiger partial charge < -0.3 is 15.8 Å². The van der Waals surface area contributed by atoms with Crippen LogP contribution in [-0.4, -0.2) is 24.8 Å². The van der Waals surface area contributed by atoms with Crippen LogP contribution in [0, 0.1) is 0 Å². The normalized spacial score (nSPS) is 28.1. The van der Waals surface area contributed by atoms with Gasteiger partial charge in [0.2, 0.25) is 0 Å². The van der Waals surface area contributed by atoms with Crippen LogP contribution in [-0.2, 0) is 4.74 Å². The van der Waals surface area contributed by atoms with Crippen LogP contribution >= 0.6 is 15.9 Å². The third-order valence-electron chi connectivity index (χ3n) is 3.63. The lowest BCUT2D eigenvalue weighted by Crippen LogP contribution is -2.52. The van der Waals surface area contributed by atoms with Crippen molar-refractivity contribution in [1.29, 1.82) is 0 Å². The van der Waals surface area contributed by atoms with Crippen LogP contribution in [0.4, 0.5) is 5.69 Å². The van der Waals surface area contributed by atoms with Gasteiger partial charge in [-0.2, -0.15) is 0 Å². The molecular formula is C14H21BrN2O. The Bertz CT molecular complexity index is 399. The Morgan fingerprint density at radius 2 is 2.39 bits per heavy atom. The minimum Gasteiger partial charge on any atom is -0.378 e. The van der Waals surface area contributed by atoms with Crippen molar-refractivity contribution in [2.24, 2.45) is 5.73 Å². The molecule has 0 amide bonds. The van der Waals surface area contributed by atoms with Gasteiger partial charge in [0, 0.05) is 23.3 Å². The first-order chi connectivity index (χ1) is 8.67. The van der Waals surface area contributed by atoms with Gasteiger partial charge >= 0.3 is 0 Å². The number of rotatable bonds is 4. The molecule has 1 saturated heterocycles. The molecule has 0 spiro atoms. The van der Waals surface area contributed by atoms with Gasteiger partial charge in [-0.3, -0.25) is 0 Å². The van der Waals surface area contributed by atoms with Crippen LogP contribution in [0.2, 0.25) is 0 Å². The smallest absolute Gasteiger partial charge is 0.0595 e. The zero-order valence-electron chi connectivity index (χ0n) is 10.8. The Morgan fingerprint density at radius 3 is 3.06 bits per heavy atom. The summed E-state index contributed by atoms with van der Waals surface area (Å²) in [7, 11) is 0. The molecule has 1 aliphatic rings. The molecule has 1 fully saturated rings. The molecule has 1 heterocycles. The molecule has 1 aromatic rings. The number of nitrogens with one attached hydrogen (secondary N) is 1. The Kier molecular flexibility index (Phi) is 4.65. The topological polar surface area (TPSA) is 47.3 Å². The van der Waals surface area contributed by atoms with Crippen LogP contribution in [0.1, 0.15) is 26.2 Å². The minimum atomic E-state index is -0.0281. The maximum absolute atomic E-state index is 6.01. The van der Waals surface area contributed by atoms with Crippen LogP contribution in [0.5, 0.6) is 0 Å². The lowest BCUT2D eigenvalue weighted by atomic mass is 9.85. The molecular weight excluding hydrogens is 292 g/mol. The van der Waals surface area contributed by atoms with Gasteiger partial charge in [0.05, 0.1) is 11.6 Å². The molecule has 4 heteroatoms. The quantitative estimate of drug-likeness (QED) is 0.898. The average molecular weight is 313 g/mol. The molecule has 1 aliphatic heterocycles. The van der Waals surface area contributed by atoms with Crippen molar-refractivity contribution in [3.05, 3.63) is 28.7 Å². The van der Waals surface area contributed by atoms with E-state index in [1.807, 2.05) is 12.1 Å². The molecule has 0 aromatic heterocycles. The Balaban J connectivity index is 2.12. The lowest BCUT2D eigenvalue weighted by molar-refractivity contribution is -0.0125. The zero-order chi connectivity index (χ0) is 13.0. The van der Waals surface area contributed by atoms with Crippen LogP contribution in [0.15, 0.2) is 28.7 Å². The lowest BCUT2D eigenvalue weighted by Gasteiger charge is -2.41. The Morgan fingerprint density at radius 1 is 1.56 bits per heavy atom. The second kappa shape index (κ2) is 6.04. The van der Waals surface area contributed by atoms with Crippen molar-refractivity contribution < 1.29 is 4.74 Å². The van der Waals surface area contributed by atoms with E-state index in [9.17, 15) is 0 Å². The summed E-state index contributed by atoms with van der Waals surface area (Å²) in [4.78, 5) is 0. The standard InChI is InChI=1S/C14H21BrN2O/c1-2-13-9-14(10-16,6-7-18-13)17-12-5-3-4-11(15)8-12/h3-5,8,13,17H,2,6-7,9-10,16H2,1H3. The summed E-state index contributed by atoms with van der Waals surface area (Å²) >= 11 is 3.50. The van der Waals surface area contributed by atoms with Crippen molar-refractivity contribution >= 4 is 21.6 Å². The second-order valence-electron chi connectivity index (χ2n) is 4.97. The number of hydrogen-bond donors (Lipinski definition) is 2. The molecule has 3 nitrogen and oxygen atoms in total. The summed E-state index contributed by atoms with van der Waals surface area (Å²) in [6.07, 6.45) is 3.31. The van der Waals surface area contributed by atoms with Gasteiger partial charge in [-0.25, -0.2) is 0 Å². The van der Waals surface area contributed by atoms with Gasteiger partial charge in [-0.15, -0.1) is 0 Å². The second-order valence-corrected chi connectivity index (χ2v) is 5.89. The fraction of sp³-hybridized carbons (Fsp3) is 0.571. The number of ether oxygens (including phenoxy) is 1. The monoisotopic (exact) mass is 312 g/mol. The fourth-order valence-corrected chi connectivity index (χ4v) is 2.90. The molecule has 0 aliphatic carbocycles. The van der Waals surface area contributed by atoms with E-state index in [0.717, 1.165) is 36.0 Å². The molecule has 0 bridgehead atoms. The maximum atomic E-state index is 6.01. The highest BCUT2D eigenvalue weighted by atomic mass is 79.9. The first-order valence-electron chi connectivity index (χ1n) is 6.53. The molecule has 2 rings (SSSR count). The number of halogens is 1. The van der Waals surface area contributed by atoms with E-state index in [4.69, 9.17) is 10.5 Å². The van der Waals surface area contributed by atoms with Crippen molar-refractivity contribution in [3.8, 4) is 0 Å². The van der Waals surface area contributed by atoms with E-state index in [0.29, 0.717) is 12.6 Å². The average Bonchev–Trinajstić information content (AvgIpc) is 2.39. The maximum Gasteiger partial charge on any atom is 0.0595 e. The van der Waals surface area contributed by atoms with E-state index < -0.39 is 0 Å². The van der Waals surface area contributed by atoms with Gasteiger partial charge in [-0.05, 0) is 37.5 Å². The summed E-state index contributed by atoms with van der Waals surface area (Å²) in [6.45, 7) is 3.59. The molecule has 18 heavy (non-hydrogen) atoms. The predicted molar refractivity (Wildman–Crippen MR) is 78.8 cm³/mol.